The number of carbonyl (C=O) groups excluding carboxylic acids is 4. The van der Waals surface area contributed by atoms with Crippen LogP contribution >= 0.6 is 15.6 Å². The zero-order valence-electron chi connectivity index (χ0n) is 64.3. The largest absolute Gasteiger partial charge is 0.472 e. The van der Waals surface area contributed by atoms with Crippen molar-refractivity contribution in [3.63, 3.8) is 0 Å². The van der Waals surface area contributed by atoms with Crippen molar-refractivity contribution in [3.8, 4) is 0 Å². The smallest absolute Gasteiger partial charge is 0.462 e. The van der Waals surface area contributed by atoms with E-state index in [0.29, 0.717) is 25.7 Å². The second kappa shape index (κ2) is 69.4. The molecule has 0 rings (SSSR count). The average Bonchev–Trinajstić information content (AvgIpc) is 1.10. The molecule has 0 saturated heterocycles. The summed E-state index contributed by atoms with van der Waals surface area (Å²) in [7, 11) is -9.91. The first-order chi connectivity index (χ1) is 47.2. The standard InChI is InChI=1S/C79H154O17P2/c1-8-9-10-11-12-39-46-53-60-76(81)89-66-74(96-79(84)63-56-49-42-35-29-32-38-45-52-59-72(6)7)68-93-97(85,86)91-64-73(80)65-92-98(87,88)94-69-75(95-78(83)62-55-48-41-34-28-24-20-16-14-18-22-26-31-37-44-51-58-71(4)5)67-90-77(82)61-54-47-40-33-27-23-19-15-13-17-21-25-30-36-43-50-57-70(2)3/h70-75,80H,8-69H2,1-7H3,(H,85,86)(H,87,88)/t73-,74+,75+/m0/s1. The first-order valence-electron chi connectivity index (χ1n) is 40.8. The van der Waals surface area contributed by atoms with Crippen molar-refractivity contribution in [2.75, 3.05) is 39.6 Å². The van der Waals surface area contributed by atoms with Gasteiger partial charge in [-0.05, 0) is 43.4 Å². The molecule has 19 heteroatoms. The van der Waals surface area contributed by atoms with E-state index >= 15 is 0 Å². The maximum absolute atomic E-state index is 13.1. The SMILES string of the molecule is CCCCCCCCCCC(=O)OC[C@H](COP(=O)(O)OC[C@H](O)COP(=O)(O)OC[C@@H](COC(=O)CCCCCCCCCCCCCCCCCCC(C)C)OC(=O)CCCCCCCCCCCCCCCCCCC(C)C)OC(=O)CCCCCCCCCCCC(C)C. The van der Waals surface area contributed by atoms with Crippen molar-refractivity contribution < 1.29 is 80.2 Å². The fourth-order valence-electron chi connectivity index (χ4n) is 12.1. The number of hydrogen-bond donors (Lipinski definition) is 3. The molecule has 0 heterocycles. The van der Waals surface area contributed by atoms with E-state index in [2.05, 4.69) is 48.5 Å². The summed E-state index contributed by atoms with van der Waals surface area (Å²) in [5.41, 5.74) is 0. The first-order valence-corrected chi connectivity index (χ1v) is 43.8. The molecule has 0 aromatic heterocycles. The molecular weight excluding hydrogens is 1280 g/mol. The molecule has 0 aliphatic rings. The van der Waals surface area contributed by atoms with Gasteiger partial charge in [0, 0.05) is 25.7 Å². The van der Waals surface area contributed by atoms with Gasteiger partial charge in [0.25, 0.3) is 0 Å². The Morgan fingerprint density at radius 3 is 0.694 bits per heavy atom. The fourth-order valence-corrected chi connectivity index (χ4v) is 13.7. The van der Waals surface area contributed by atoms with E-state index < -0.39 is 97.5 Å². The van der Waals surface area contributed by atoms with Crippen LogP contribution in [-0.2, 0) is 65.4 Å². The van der Waals surface area contributed by atoms with Gasteiger partial charge in [0.05, 0.1) is 26.4 Å². The van der Waals surface area contributed by atoms with Crippen LogP contribution in [0.3, 0.4) is 0 Å². The van der Waals surface area contributed by atoms with Crippen LogP contribution in [0.4, 0.5) is 0 Å². The minimum Gasteiger partial charge on any atom is -0.462 e. The number of phosphoric acid groups is 2. The molecule has 0 amide bonds. The molecule has 0 bridgehead atoms. The highest BCUT2D eigenvalue weighted by atomic mass is 31.2. The van der Waals surface area contributed by atoms with Crippen LogP contribution in [0.5, 0.6) is 0 Å². The molecular formula is C79H154O17P2. The second-order valence-electron chi connectivity index (χ2n) is 29.9. The molecule has 5 atom stereocenters. The maximum Gasteiger partial charge on any atom is 0.472 e. The average molecular weight is 1440 g/mol. The van der Waals surface area contributed by atoms with Gasteiger partial charge in [0.2, 0.25) is 0 Å². The number of carbonyl (C=O) groups is 4. The van der Waals surface area contributed by atoms with Gasteiger partial charge in [-0.3, -0.25) is 37.3 Å². The van der Waals surface area contributed by atoms with Crippen LogP contribution in [0.15, 0.2) is 0 Å². The zero-order valence-corrected chi connectivity index (χ0v) is 66.0. The Labute approximate surface area is 600 Å². The van der Waals surface area contributed by atoms with Crippen LogP contribution < -0.4 is 0 Å². The topological polar surface area (TPSA) is 237 Å². The monoisotopic (exact) mass is 1440 g/mol. The third kappa shape index (κ3) is 72.4. The second-order valence-corrected chi connectivity index (χ2v) is 32.8. The summed E-state index contributed by atoms with van der Waals surface area (Å²) in [6, 6.07) is 0. The van der Waals surface area contributed by atoms with Crippen LogP contribution in [0.1, 0.15) is 408 Å². The summed E-state index contributed by atoms with van der Waals surface area (Å²) in [5, 5.41) is 10.6. The lowest BCUT2D eigenvalue weighted by atomic mass is 10.0. The molecule has 17 nitrogen and oxygen atoms in total. The molecule has 582 valence electrons. The number of unbranched alkanes of at least 4 members (excludes halogenated alkanes) is 45. The Morgan fingerprint density at radius 1 is 0.276 bits per heavy atom. The molecule has 2 unspecified atom stereocenters. The highest BCUT2D eigenvalue weighted by Crippen LogP contribution is 2.45. The summed E-state index contributed by atoms with van der Waals surface area (Å²) in [6.45, 7) is 11.9. The number of phosphoric ester groups is 2. The molecule has 0 radical (unpaired) electrons. The highest BCUT2D eigenvalue weighted by molar-refractivity contribution is 7.47. The van der Waals surface area contributed by atoms with Crippen molar-refractivity contribution in [3.05, 3.63) is 0 Å². The van der Waals surface area contributed by atoms with E-state index in [0.717, 1.165) is 114 Å². The summed E-state index contributed by atoms with van der Waals surface area (Å²) in [6.07, 6.45) is 57.0. The molecule has 0 aromatic carbocycles. The van der Waals surface area contributed by atoms with Crippen LogP contribution in [0, 0.1) is 17.8 Å². The Morgan fingerprint density at radius 2 is 0.469 bits per heavy atom. The Hall–Kier alpha value is -1.94. The Kier molecular flexibility index (Phi) is 68.1. The molecule has 98 heavy (non-hydrogen) atoms. The Balaban J connectivity index is 5.19. The zero-order chi connectivity index (χ0) is 72.3. The fraction of sp³-hybridized carbons (Fsp3) is 0.949. The van der Waals surface area contributed by atoms with E-state index in [1.54, 1.807) is 0 Å². The van der Waals surface area contributed by atoms with E-state index in [1.165, 1.54) is 212 Å². The predicted octanol–water partition coefficient (Wildman–Crippen LogP) is 23.4. The van der Waals surface area contributed by atoms with E-state index in [1.807, 2.05) is 0 Å². The first kappa shape index (κ1) is 96.1. The van der Waals surface area contributed by atoms with E-state index in [4.69, 9.17) is 37.0 Å². The number of rotatable bonds is 77. The number of aliphatic hydroxyl groups is 1. The molecule has 0 saturated carbocycles. The summed E-state index contributed by atoms with van der Waals surface area (Å²) in [4.78, 5) is 72.8. The molecule has 0 aliphatic carbocycles. The number of hydrogen-bond acceptors (Lipinski definition) is 15. The lowest BCUT2D eigenvalue weighted by Gasteiger charge is -2.21. The summed E-state index contributed by atoms with van der Waals surface area (Å²) < 4.78 is 68.5. The molecule has 0 aliphatic heterocycles. The summed E-state index contributed by atoms with van der Waals surface area (Å²) in [5.74, 6) is 0.242. The van der Waals surface area contributed by atoms with Gasteiger partial charge in [-0.2, -0.15) is 0 Å². The van der Waals surface area contributed by atoms with Crippen molar-refractivity contribution in [2.24, 2.45) is 17.8 Å². The number of ether oxygens (including phenoxy) is 4. The van der Waals surface area contributed by atoms with Crippen LogP contribution in [0.25, 0.3) is 0 Å². The van der Waals surface area contributed by atoms with E-state index in [9.17, 15) is 43.2 Å². The highest BCUT2D eigenvalue weighted by Gasteiger charge is 2.30. The van der Waals surface area contributed by atoms with E-state index in [-0.39, 0.29) is 25.7 Å². The van der Waals surface area contributed by atoms with Crippen LogP contribution in [0.2, 0.25) is 0 Å². The quantitative estimate of drug-likeness (QED) is 0.0222. The maximum atomic E-state index is 13.1. The predicted molar refractivity (Wildman–Crippen MR) is 400 cm³/mol. The normalized spacial score (nSPS) is 14.0. The van der Waals surface area contributed by atoms with Gasteiger partial charge in [-0.1, -0.05) is 357 Å². The van der Waals surface area contributed by atoms with Gasteiger partial charge < -0.3 is 33.8 Å². The van der Waals surface area contributed by atoms with Crippen molar-refractivity contribution in [1.82, 2.24) is 0 Å². The third-order valence-corrected chi connectivity index (χ3v) is 20.3. The molecule has 0 aromatic rings. The minimum atomic E-state index is -4.96. The Bertz CT molecular complexity index is 1900. The number of esters is 4. The van der Waals surface area contributed by atoms with Gasteiger partial charge in [0.1, 0.15) is 19.3 Å². The van der Waals surface area contributed by atoms with Gasteiger partial charge >= 0.3 is 39.5 Å². The van der Waals surface area contributed by atoms with Crippen molar-refractivity contribution in [2.45, 2.75) is 426 Å². The third-order valence-electron chi connectivity index (χ3n) is 18.4. The number of aliphatic hydroxyl groups excluding tert-OH is 1. The van der Waals surface area contributed by atoms with Crippen LogP contribution in [-0.4, -0.2) is 96.7 Å². The minimum absolute atomic E-state index is 0.105. The van der Waals surface area contributed by atoms with Gasteiger partial charge in [0.15, 0.2) is 12.2 Å². The summed E-state index contributed by atoms with van der Waals surface area (Å²) >= 11 is 0. The van der Waals surface area contributed by atoms with Crippen molar-refractivity contribution >= 4 is 39.5 Å². The molecule has 3 N–H and O–H groups in total. The van der Waals surface area contributed by atoms with Gasteiger partial charge in [-0.15, -0.1) is 0 Å². The molecule has 0 fully saturated rings. The van der Waals surface area contributed by atoms with Crippen molar-refractivity contribution in [1.29, 1.82) is 0 Å². The van der Waals surface area contributed by atoms with Gasteiger partial charge in [-0.25, -0.2) is 9.13 Å². The lowest BCUT2D eigenvalue weighted by Crippen LogP contribution is -2.30. The lowest BCUT2D eigenvalue weighted by molar-refractivity contribution is -0.161. The molecule has 0 spiro atoms.